The fourth-order valence-electron chi connectivity index (χ4n) is 2.66. The number of fused-ring (bicyclic) bond motifs is 1. The van der Waals surface area contributed by atoms with Crippen molar-refractivity contribution in [3.63, 3.8) is 0 Å². The number of rotatable bonds is 2. The number of aromatic nitrogens is 2. The Kier molecular flexibility index (Phi) is 3.16. The van der Waals surface area contributed by atoms with Crippen molar-refractivity contribution in [1.29, 1.82) is 0 Å². The monoisotopic (exact) mass is 294 g/mol. The van der Waals surface area contributed by atoms with Crippen molar-refractivity contribution < 1.29 is 13.6 Å². The van der Waals surface area contributed by atoms with Crippen LogP contribution >= 0.6 is 0 Å². The lowest BCUT2D eigenvalue weighted by molar-refractivity contribution is -0.138. The molecular formula is C14H16F2N4O. The van der Waals surface area contributed by atoms with Gasteiger partial charge in [0.25, 0.3) is 0 Å². The molecule has 2 heterocycles. The van der Waals surface area contributed by atoms with E-state index in [0.717, 1.165) is 6.07 Å². The van der Waals surface area contributed by atoms with Crippen LogP contribution in [0.2, 0.25) is 0 Å². The number of piperazine rings is 1. The molecule has 1 saturated heterocycles. The minimum atomic E-state index is -0.721. The number of imidazole rings is 1. The van der Waals surface area contributed by atoms with E-state index in [4.69, 9.17) is 0 Å². The van der Waals surface area contributed by atoms with E-state index >= 15 is 0 Å². The van der Waals surface area contributed by atoms with E-state index in [2.05, 4.69) is 15.3 Å². The number of benzene rings is 1. The first-order valence-electron chi connectivity index (χ1n) is 6.76. The van der Waals surface area contributed by atoms with Gasteiger partial charge in [0.15, 0.2) is 5.82 Å². The van der Waals surface area contributed by atoms with Crippen LogP contribution in [-0.4, -0.2) is 40.4 Å². The number of carbonyl (C=O) groups is 1. The van der Waals surface area contributed by atoms with Crippen molar-refractivity contribution in [3.05, 3.63) is 29.6 Å². The number of H-pyrrole nitrogens is 1. The molecule has 0 aliphatic carbocycles. The summed E-state index contributed by atoms with van der Waals surface area (Å²) in [7, 11) is 0. The molecule has 2 aromatic rings. The Morgan fingerprint density at radius 1 is 1.33 bits per heavy atom. The van der Waals surface area contributed by atoms with Crippen molar-refractivity contribution in [3.8, 4) is 0 Å². The van der Waals surface area contributed by atoms with Crippen LogP contribution in [0.15, 0.2) is 12.1 Å². The Hall–Kier alpha value is -2.02. The van der Waals surface area contributed by atoms with E-state index in [1.807, 2.05) is 13.8 Å². The highest BCUT2D eigenvalue weighted by Gasteiger charge is 2.36. The molecule has 3 rings (SSSR count). The van der Waals surface area contributed by atoms with Gasteiger partial charge in [-0.05, 0) is 19.9 Å². The van der Waals surface area contributed by atoms with Gasteiger partial charge in [0.05, 0.1) is 17.6 Å². The molecule has 1 aliphatic heterocycles. The lowest BCUT2D eigenvalue weighted by atomic mass is 10.0. The molecule has 1 aromatic heterocycles. The van der Waals surface area contributed by atoms with E-state index in [9.17, 15) is 13.6 Å². The maximum atomic E-state index is 13.8. The maximum Gasteiger partial charge on any atom is 0.237 e. The molecule has 2 N–H and O–H groups in total. The molecule has 7 heteroatoms. The summed E-state index contributed by atoms with van der Waals surface area (Å²) in [6.07, 6.45) is 0. The molecule has 1 aromatic carbocycles. The Balaban J connectivity index is 2.06. The van der Waals surface area contributed by atoms with E-state index < -0.39 is 17.2 Å². The fourth-order valence-corrected chi connectivity index (χ4v) is 2.66. The maximum absolute atomic E-state index is 13.8. The van der Waals surface area contributed by atoms with Gasteiger partial charge in [-0.1, -0.05) is 0 Å². The minimum absolute atomic E-state index is 0.0432. The van der Waals surface area contributed by atoms with Crippen molar-refractivity contribution in [2.75, 3.05) is 19.6 Å². The predicted octanol–water partition coefficient (Wildman–Crippen LogP) is 1.51. The Morgan fingerprint density at radius 3 is 2.81 bits per heavy atom. The molecule has 0 radical (unpaired) electrons. The predicted molar refractivity (Wildman–Crippen MR) is 73.6 cm³/mol. The third-order valence-electron chi connectivity index (χ3n) is 3.85. The van der Waals surface area contributed by atoms with Gasteiger partial charge < -0.3 is 15.2 Å². The molecule has 5 nitrogen and oxygen atoms in total. The molecule has 1 aliphatic rings. The van der Waals surface area contributed by atoms with Crippen LogP contribution in [0.1, 0.15) is 19.7 Å². The second-order valence-electron chi connectivity index (χ2n) is 5.65. The third-order valence-corrected chi connectivity index (χ3v) is 3.85. The minimum Gasteiger partial charge on any atom is -0.340 e. The first kappa shape index (κ1) is 13.9. The smallest absolute Gasteiger partial charge is 0.237 e. The lowest BCUT2D eigenvalue weighted by Gasteiger charge is -2.39. The summed E-state index contributed by atoms with van der Waals surface area (Å²) in [6.45, 7) is 5.18. The first-order chi connectivity index (χ1) is 9.89. The summed E-state index contributed by atoms with van der Waals surface area (Å²) >= 11 is 0. The van der Waals surface area contributed by atoms with Crippen molar-refractivity contribution in [1.82, 2.24) is 20.2 Å². The largest absolute Gasteiger partial charge is 0.340 e. The third kappa shape index (κ3) is 2.27. The zero-order valence-electron chi connectivity index (χ0n) is 11.8. The summed E-state index contributed by atoms with van der Waals surface area (Å²) in [4.78, 5) is 20.9. The van der Waals surface area contributed by atoms with Crippen LogP contribution in [0.3, 0.4) is 0 Å². The van der Waals surface area contributed by atoms with Crippen LogP contribution in [0.4, 0.5) is 8.78 Å². The summed E-state index contributed by atoms with van der Waals surface area (Å²) < 4.78 is 27.0. The van der Waals surface area contributed by atoms with Gasteiger partial charge in [-0.25, -0.2) is 13.8 Å². The second-order valence-corrected chi connectivity index (χ2v) is 5.65. The number of hydrogen-bond donors (Lipinski definition) is 2. The quantitative estimate of drug-likeness (QED) is 0.882. The fraction of sp³-hybridized carbons (Fsp3) is 0.429. The zero-order valence-corrected chi connectivity index (χ0v) is 11.8. The van der Waals surface area contributed by atoms with Crippen LogP contribution in [0, 0.1) is 11.6 Å². The lowest BCUT2D eigenvalue weighted by Crippen LogP contribution is -2.55. The SMILES string of the molecule is CC(C)(c1nc2c(F)cc(F)cc2[nH]1)N1CCNCC1=O. The highest BCUT2D eigenvalue weighted by atomic mass is 19.1. The summed E-state index contributed by atoms with van der Waals surface area (Å²) in [6, 6.07) is 2.00. The Bertz CT molecular complexity index is 710. The summed E-state index contributed by atoms with van der Waals surface area (Å²) in [5.74, 6) is -0.975. The normalized spacial score (nSPS) is 16.8. The van der Waals surface area contributed by atoms with E-state index in [1.165, 1.54) is 6.07 Å². The van der Waals surface area contributed by atoms with E-state index in [-0.39, 0.29) is 23.5 Å². The molecular weight excluding hydrogens is 278 g/mol. The average molecular weight is 294 g/mol. The van der Waals surface area contributed by atoms with Crippen LogP contribution in [0.25, 0.3) is 11.0 Å². The number of carbonyl (C=O) groups excluding carboxylic acids is 1. The van der Waals surface area contributed by atoms with Gasteiger partial charge in [-0.15, -0.1) is 0 Å². The Morgan fingerprint density at radius 2 is 2.10 bits per heavy atom. The second kappa shape index (κ2) is 4.77. The van der Waals surface area contributed by atoms with Gasteiger partial charge in [-0.2, -0.15) is 0 Å². The van der Waals surface area contributed by atoms with Crippen molar-refractivity contribution in [2.45, 2.75) is 19.4 Å². The summed E-state index contributed by atoms with van der Waals surface area (Å²) in [5.41, 5.74) is -0.346. The molecule has 0 unspecified atom stereocenters. The van der Waals surface area contributed by atoms with E-state index in [1.54, 1.807) is 4.90 Å². The van der Waals surface area contributed by atoms with Gasteiger partial charge in [0, 0.05) is 19.2 Å². The number of nitrogens with zero attached hydrogens (tertiary/aromatic N) is 2. The molecule has 1 fully saturated rings. The number of halogens is 2. The number of hydrogen-bond acceptors (Lipinski definition) is 3. The highest BCUT2D eigenvalue weighted by molar-refractivity contribution is 5.80. The topological polar surface area (TPSA) is 61.0 Å². The molecule has 1 amide bonds. The zero-order chi connectivity index (χ0) is 15.2. The Labute approximate surface area is 120 Å². The molecule has 0 spiro atoms. The van der Waals surface area contributed by atoms with E-state index in [0.29, 0.717) is 18.9 Å². The molecule has 0 atom stereocenters. The van der Waals surface area contributed by atoms with Gasteiger partial charge in [0.2, 0.25) is 5.91 Å². The van der Waals surface area contributed by atoms with Crippen molar-refractivity contribution >= 4 is 16.9 Å². The molecule has 0 saturated carbocycles. The van der Waals surface area contributed by atoms with Crippen LogP contribution < -0.4 is 5.32 Å². The summed E-state index contributed by atoms with van der Waals surface area (Å²) in [5, 5.41) is 3.00. The van der Waals surface area contributed by atoms with Gasteiger partial charge in [-0.3, -0.25) is 4.79 Å². The van der Waals surface area contributed by atoms with Crippen LogP contribution in [-0.2, 0) is 10.3 Å². The van der Waals surface area contributed by atoms with Crippen LogP contribution in [0.5, 0.6) is 0 Å². The number of aromatic amines is 1. The number of nitrogens with one attached hydrogen (secondary N) is 2. The van der Waals surface area contributed by atoms with Crippen molar-refractivity contribution in [2.24, 2.45) is 0 Å². The average Bonchev–Trinajstić information content (AvgIpc) is 2.84. The van der Waals surface area contributed by atoms with Gasteiger partial charge >= 0.3 is 0 Å². The standard InChI is InChI=1S/C14H16F2N4O/c1-14(2,20-4-3-17-7-11(20)21)13-18-10-6-8(15)5-9(16)12(10)19-13/h5-6,17H,3-4,7H2,1-2H3,(H,18,19). The molecule has 112 valence electrons. The molecule has 21 heavy (non-hydrogen) atoms. The highest BCUT2D eigenvalue weighted by Crippen LogP contribution is 2.29. The number of amides is 1. The molecule has 0 bridgehead atoms. The first-order valence-corrected chi connectivity index (χ1v) is 6.76. The van der Waals surface area contributed by atoms with Gasteiger partial charge in [0.1, 0.15) is 17.2 Å².